The van der Waals surface area contributed by atoms with Gasteiger partial charge in [-0.15, -0.1) is 11.3 Å². The van der Waals surface area contributed by atoms with Gasteiger partial charge in [0.15, 0.2) is 0 Å². The molecule has 2 rings (SSSR count). The van der Waals surface area contributed by atoms with Crippen molar-refractivity contribution < 1.29 is 25.8 Å². The zero-order chi connectivity index (χ0) is 15.0. The number of alkyl halides is 3. The van der Waals surface area contributed by atoms with E-state index in [4.69, 9.17) is 0 Å². The van der Waals surface area contributed by atoms with Crippen LogP contribution in [-0.2, 0) is 26.2 Å². The maximum absolute atomic E-state index is 13.0. The largest absolute Gasteiger partial charge is 0.425 e. The zero-order valence-corrected chi connectivity index (χ0v) is 12.3. The van der Waals surface area contributed by atoms with Crippen LogP contribution in [0.15, 0.2) is 11.5 Å². The van der Waals surface area contributed by atoms with E-state index in [0.29, 0.717) is 23.3 Å². The Morgan fingerprint density at radius 1 is 1.40 bits per heavy atom. The molecule has 0 spiro atoms. The fraction of sp³-hybridized carbons (Fsp3) is 0.500. The molecule has 0 radical (unpaired) electrons. The number of allylic oxidation sites excluding steroid dienone is 2. The van der Waals surface area contributed by atoms with Crippen LogP contribution in [0.25, 0.3) is 5.57 Å². The van der Waals surface area contributed by atoms with Crippen LogP contribution in [0.1, 0.15) is 35.3 Å². The van der Waals surface area contributed by atoms with E-state index in [9.17, 15) is 21.6 Å². The van der Waals surface area contributed by atoms with Crippen molar-refractivity contribution in [3.63, 3.8) is 0 Å². The molecule has 0 aromatic carbocycles. The number of halogens is 3. The third-order valence-electron chi connectivity index (χ3n) is 3.11. The van der Waals surface area contributed by atoms with E-state index >= 15 is 0 Å². The van der Waals surface area contributed by atoms with E-state index in [1.807, 2.05) is 6.08 Å². The number of thiophene rings is 1. The molecule has 0 fully saturated rings. The van der Waals surface area contributed by atoms with Crippen LogP contribution < -0.4 is 0 Å². The van der Waals surface area contributed by atoms with E-state index < -0.39 is 26.9 Å². The molecule has 0 saturated carbocycles. The summed E-state index contributed by atoms with van der Waals surface area (Å²) in [6, 6.07) is 0. The van der Waals surface area contributed by atoms with Crippen molar-refractivity contribution in [3.8, 4) is 0 Å². The van der Waals surface area contributed by atoms with Gasteiger partial charge in [0.1, 0.15) is 10.6 Å². The predicted molar refractivity (Wildman–Crippen MR) is 70.8 cm³/mol. The van der Waals surface area contributed by atoms with Gasteiger partial charge >= 0.3 is 6.18 Å². The van der Waals surface area contributed by atoms with E-state index in [1.165, 1.54) is 5.38 Å². The second-order valence-corrected chi connectivity index (χ2v) is 7.06. The highest BCUT2D eigenvalue weighted by atomic mass is 32.2. The molecule has 0 amide bonds. The van der Waals surface area contributed by atoms with Gasteiger partial charge in [-0.25, -0.2) is 0 Å². The fourth-order valence-corrected chi connectivity index (χ4v) is 4.03. The first-order valence-electron chi connectivity index (χ1n) is 5.90. The molecule has 8 heteroatoms. The zero-order valence-electron chi connectivity index (χ0n) is 10.7. The van der Waals surface area contributed by atoms with Crippen LogP contribution in [0, 0.1) is 0 Å². The summed E-state index contributed by atoms with van der Waals surface area (Å²) in [6.07, 6.45) is -0.328. The molecule has 0 saturated heterocycles. The fourth-order valence-electron chi connectivity index (χ4n) is 2.18. The van der Waals surface area contributed by atoms with Gasteiger partial charge in [-0.2, -0.15) is 21.6 Å². The molecule has 0 bridgehead atoms. The molecule has 0 N–H and O–H groups in total. The lowest BCUT2D eigenvalue weighted by Gasteiger charge is -2.10. The molecule has 1 aliphatic rings. The van der Waals surface area contributed by atoms with Crippen molar-refractivity contribution >= 4 is 27.0 Å². The van der Waals surface area contributed by atoms with Gasteiger partial charge in [0.05, 0.1) is 7.11 Å². The Kier molecular flexibility index (Phi) is 4.27. The highest BCUT2D eigenvalue weighted by Gasteiger charge is 2.38. The highest BCUT2D eigenvalue weighted by molar-refractivity contribution is 7.85. The standard InChI is InChI=1S/C12H13F3O3S2/c1-18-20(16,17)7-10-9(8-4-2-3-5-8)6-19-11(10)12(13,14)15/h4,6H,2-3,5,7H2,1H3. The molecular formula is C12H13F3O3S2. The summed E-state index contributed by atoms with van der Waals surface area (Å²) in [6.45, 7) is 0. The summed E-state index contributed by atoms with van der Waals surface area (Å²) in [5.74, 6) is -0.755. The first-order chi connectivity index (χ1) is 9.24. The van der Waals surface area contributed by atoms with Crippen molar-refractivity contribution in [1.82, 2.24) is 0 Å². The van der Waals surface area contributed by atoms with E-state index in [2.05, 4.69) is 4.18 Å². The highest BCUT2D eigenvalue weighted by Crippen LogP contribution is 2.43. The van der Waals surface area contributed by atoms with E-state index in [0.717, 1.165) is 25.5 Å². The monoisotopic (exact) mass is 326 g/mol. The Labute approximate surface area is 119 Å². The molecule has 1 heterocycles. The average Bonchev–Trinajstić information content (AvgIpc) is 2.95. The molecule has 1 aromatic heterocycles. The molecule has 3 nitrogen and oxygen atoms in total. The second-order valence-electron chi connectivity index (χ2n) is 4.45. The first kappa shape index (κ1) is 15.5. The third kappa shape index (κ3) is 3.24. The van der Waals surface area contributed by atoms with Crippen LogP contribution in [0.4, 0.5) is 13.2 Å². The van der Waals surface area contributed by atoms with Gasteiger partial charge in [0, 0.05) is 5.56 Å². The maximum Gasteiger partial charge on any atom is 0.425 e. The first-order valence-corrected chi connectivity index (χ1v) is 8.35. The lowest BCUT2D eigenvalue weighted by Crippen LogP contribution is -2.12. The van der Waals surface area contributed by atoms with E-state index in [-0.39, 0.29) is 5.56 Å². The van der Waals surface area contributed by atoms with Crippen molar-refractivity contribution in [2.45, 2.75) is 31.2 Å². The van der Waals surface area contributed by atoms with Gasteiger partial charge < -0.3 is 0 Å². The van der Waals surface area contributed by atoms with Crippen LogP contribution in [-0.4, -0.2) is 15.5 Å². The normalized spacial score (nSPS) is 16.5. The smallest absolute Gasteiger partial charge is 0.273 e. The maximum atomic E-state index is 13.0. The molecule has 1 aromatic rings. The predicted octanol–water partition coefficient (Wildman–Crippen LogP) is 3.81. The minimum absolute atomic E-state index is 0.197. The third-order valence-corrected chi connectivity index (χ3v) is 5.33. The number of rotatable bonds is 4. The van der Waals surface area contributed by atoms with Crippen LogP contribution >= 0.6 is 11.3 Å². The summed E-state index contributed by atoms with van der Waals surface area (Å²) >= 11 is 0.535. The van der Waals surface area contributed by atoms with Gasteiger partial charge in [0.25, 0.3) is 10.1 Å². The SMILES string of the molecule is COS(=O)(=O)Cc1c(C2=CCCC2)csc1C(F)(F)F. The lowest BCUT2D eigenvalue weighted by atomic mass is 10.0. The second kappa shape index (κ2) is 5.50. The molecule has 0 aliphatic heterocycles. The Balaban J connectivity index is 2.51. The average molecular weight is 326 g/mol. The molecular weight excluding hydrogens is 313 g/mol. The van der Waals surface area contributed by atoms with Crippen molar-refractivity contribution in [3.05, 3.63) is 27.5 Å². The van der Waals surface area contributed by atoms with Crippen molar-refractivity contribution in [2.75, 3.05) is 7.11 Å². The van der Waals surface area contributed by atoms with Crippen LogP contribution in [0.2, 0.25) is 0 Å². The molecule has 20 heavy (non-hydrogen) atoms. The van der Waals surface area contributed by atoms with E-state index in [1.54, 1.807) is 0 Å². The Bertz CT molecular complexity index is 627. The van der Waals surface area contributed by atoms with Gasteiger partial charge in [-0.1, -0.05) is 6.08 Å². The summed E-state index contributed by atoms with van der Waals surface area (Å²) in [5, 5.41) is 1.39. The topological polar surface area (TPSA) is 43.4 Å². The van der Waals surface area contributed by atoms with Crippen LogP contribution in [0.3, 0.4) is 0 Å². The molecule has 0 unspecified atom stereocenters. The Hall–Kier alpha value is -0.860. The van der Waals surface area contributed by atoms with Crippen molar-refractivity contribution in [1.29, 1.82) is 0 Å². The van der Waals surface area contributed by atoms with Gasteiger partial charge in [-0.05, 0) is 35.8 Å². The Morgan fingerprint density at radius 2 is 2.10 bits per heavy atom. The Morgan fingerprint density at radius 3 is 2.60 bits per heavy atom. The van der Waals surface area contributed by atoms with Gasteiger partial charge in [-0.3, -0.25) is 4.18 Å². The summed E-state index contributed by atoms with van der Waals surface area (Å²) in [7, 11) is -3.05. The number of hydrogen-bond donors (Lipinski definition) is 0. The van der Waals surface area contributed by atoms with Gasteiger partial charge in [0.2, 0.25) is 0 Å². The van der Waals surface area contributed by atoms with Crippen LogP contribution in [0.5, 0.6) is 0 Å². The van der Waals surface area contributed by atoms with Crippen molar-refractivity contribution in [2.24, 2.45) is 0 Å². The summed E-state index contributed by atoms with van der Waals surface area (Å²) < 4.78 is 66.3. The minimum atomic E-state index is -4.55. The summed E-state index contributed by atoms with van der Waals surface area (Å²) in [4.78, 5) is -0.860. The molecule has 1 aliphatic carbocycles. The lowest BCUT2D eigenvalue weighted by molar-refractivity contribution is -0.134. The minimum Gasteiger partial charge on any atom is -0.273 e. The molecule has 0 atom stereocenters. The quantitative estimate of drug-likeness (QED) is 0.790. The summed E-state index contributed by atoms with van der Waals surface area (Å²) in [5.41, 5.74) is 0.982. The number of hydrogen-bond acceptors (Lipinski definition) is 4. The molecule has 112 valence electrons.